The van der Waals surface area contributed by atoms with Crippen LogP contribution in [0, 0.1) is 0 Å². The van der Waals surface area contributed by atoms with Crippen LogP contribution in [0.1, 0.15) is 18.4 Å². The van der Waals surface area contributed by atoms with E-state index < -0.39 is 10.0 Å². The molecular weight excluding hydrogens is 280 g/mol. The second-order valence-corrected chi connectivity index (χ2v) is 6.74. The lowest BCUT2D eigenvalue weighted by Gasteiger charge is -2.11. The highest BCUT2D eigenvalue weighted by molar-refractivity contribution is 7.93. The molecule has 1 saturated carbocycles. The molecule has 2 rings (SSSR count). The summed E-state index contributed by atoms with van der Waals surface area (Å²) in [7, 11) is -3.34. The van der Waals surface area contributed by atoms with Crippen molar-refractivity contribution < 1.29 is 8.42 Å². The normalized spacial score (nSPS) is 15.6. The van der Waals surface area contributed by atoms with Crippen molar-refractivity contribution in [1.29, 1.82) is 0 Å². The molecule has 0 bridgehead atoms. The summed E-state index contributed by atoms with van der Waals surface area (Å²) < 4.78 is 26.1. The molecule has 1 aromatic rings. The van der Waals surface area contributed by atoms with E-state index >= 15 is 0 Å². The summed E-state index contributed by atoms with van der Waals surface area (Å²) in [5.41, 5.74) is 6.35. The van der Waals surface area contributed by atoms with Crippen molar-refractivity contribution in [2.45, 2.75) is 18.1 Å². The van der Waals surface area contributed by atoms with Crippen LogP contribution in [-0.2, 0) is 10.0 Å². The van der Waals surface area contributed by atoms with Crippen molar-refractivity contribution in [2.75, 3.05) is 4.72 Å². The minimum absolute atomic E-state index is 0.134. The molecule has 7 heteroatoms. The molecule has 0 aliphatic heterocycles. The highest BCUT2D eigenvalue weighted by atomic mass is 35.5. The van der Waals surface area contributed by atoms with Crippen LogP contribution in [-0.4, -0.2) is 18.7 Å². The van der Waals surface area contributed by atoms with Crippen LogP contribution in [0.5, 0.6) is 0 Å². The Bertz CT molecular complexity index is 568. The van der Waals surface area contributed by atoms with Crippen molar-refractivity contribution in [3.8, 4) is 0 Å². The molecule has 4 nitrogen and oxygen atoms in total. The molecule has 1 fully saturated rings. The van der Waals surface area contributed by atoms with Crippen molar-refractivity contribution in [2.24, 2.45) is 5.73 Å². The van der Waals surface area contributed by atoms with E-state index in [1.54, 1.807) is 12.1 Å². The Morgan fingerprint density at radius 1 is 1.47 bits per heavy atom. The highest BCUT2D eigenvalue weighted by Crippen LogP contribution is 2.31. The average Bonchev–Trinajstić information content (AvgIpc) is 2.99. The molecule has 0 amide bonds. The molecule has 0 radical (unpaired) electrons. The predicted octanol–water partition coefficient (Wildman–Crippen LogP) is 1.88. The summed E-state index contributed by atoms with van der Waals surface area (Å²) in [6.45, 7) is 0. The fourth-order valence-corrected chi connectivity index (χ4v) is 3.18. The minimum Gasteiger partial charge on any atom is -0.389 e. The summed E-state index contributed by atoms with van der Waals surface area (Å²) in [5, 5.41) is 0.124. The topological polar surface area (TPSA) is 72.2 Å². The van der Waals surface area contributed by atoms with E-state index in [1.807, 2.05) is 0 Å². The molecule has 0 heterocycles. The van der Waals surface area contributed by atoms with E-state index in [0.29, 0.717) is 29.1 Å². The Morgan fingerprint density at radius 2 is 2.12 bits per heavy atom. The van der Waals surface area contributed by atoms with Crippen molar-refractivity contribution in [1.82, 2.24) is 0 Å². The van der Waals surface area contributed by atoms with Gasteiger partial charge >= 0.3 is 0 Å². The summed E-state index contributed by atoms with van der Waals surface area (Å²) in [6.07, 6.45) is 1.39. The first kappa shape index (κ1) is 12.6. The number of thiocarbonyl (C=S) groups is 1. The lowest BCUT2D eigenvalue weighted by atomic mass is 10.2. The number of hydrogen-bond donors (Lipinski definition) is 2. The van der Waals surface area contributed by atoms with Crippen molar-refractivity contribution in [3.63, 3.8) is 0 Å². The number of halogens is 1. The van der Waals surface area contributed by atoms with Crippen LogP contribution in [0.3, 0.4) is 0 Å². The molecule has 1 aliphatic carbocycles. The smallest absolute Gasteiger partial charge is 0.235 e. The zero-order valence-electron chi connectivity index (χ0n) is 8.81. The van der Waals surface area contributed by atoms with Crippen LogP contribution >= 0.6 is 23.8 Å². The second kappa shape index (κ2) is 4.44. The lowest BCUT2D eigenvalue weighted by Crippen LogP contribution is -2.20. The fourth-order valence-electron chi connectivity index (χ4n) is 1.43. The minimum atomic E-state index is -3.34. The first-order valence-electron chi connectivity index (χ1n) is 5.01. The van der Waals surface area contributed by atoms with E-state index in [-0.39, 0.29) is 10.2 Å². The molecule has 0 atom stereocenters. The van der Waals surface area contributed by atoms with Crippen molar-refractivity contribution in [3.05, 3.63) is 28.8 Å². The van der Waals surface area contributed by atoms with Gasteiger partial charge in [0.2, 0.25) is 10.0 Å². The summed E-state index contributed by atoms with van der Waals surface area (Å²) >= 11 is 10.7. The van der Waals surface area contributed by atoms with E-state index in [4.69, 9.17) is 29.6 Å². The number of rotatable bonds is 4. The largest absolute Gasteiger partial charge is 0.389 e. The van der Waals surface area contributed by atoms with Crippen LogP contribution < -0.4 is 10.5 Å². The molecule has 17 heavy (non-hydrogen) atoms. The van der Waals surface area contributed by atoms with E-state index in [0.717, 1.165) is 0 Å². The zero-order chi connectivity index (χ0) is 12.6. The van der Waals surface area contributed by atoms with Gasteiger partial charge in [-0.2, -0.15) is 0 Å². The van der Waals surface area contributed by atoms with Gasteiger partial charge < -0.3 is 5.73 Å². The second-order valence-electron chi connectivity index (χ2n) is 3.90. The summed E-state index contributed by atoms with van der Waals surface area (Å²) in [5.74, 6) is 0. The number of sulfonamides is 1. The average molecular weight is 291 g/mol. The fraction of sp³-hybridized carbons (Fsp3) is 0.300. The summed E-state index contributed by atoms with van der Waals surface area (Å²) in [6, 6.07) is 4.73. The van der Waals surface area contributed by atoms with Crippen LogP contribution in [0.4, 0.5) is 5.69 Å². The number of nitrogens with two attached hydrogens (primary N) is 1. The zero-order valence-corrected chi connectivity index (χ0v) is 11.2. The predicted molar refractivity (Wildman–Crippen MR) is 72.9 cm³/mol. The van der Waals surface area contributed by atoms with Crippen molar-refractivity contribution >= 4 is 44.5 Å². The number of nitrogens with one attached hydrogen (secondary N) is 1. The van der Waals surface area contributed by atoms with E-state index in [2.05, 4.69) is 4.72 Å². The first-order chi connectivity index (χ1) is 7.90. The standard InChI is InChI=1S/C10H11ClN2O2S2/c11-6-1-4-8(10(12)16)9(5-6)13-17(14,15)7-2-3-7/h1,4-5,7,13H,2-3H2,(H2,12,16). The van der Waals surface area contributed by atoms with Gasteiger partial charge in [-0.05, 0) is 31.0 Å². The Labute approximate surface area is 110 Å². The molecule has 92 valence electrons. The number of benzene rings is 1. The number of hydrogen-bond acceptors (Lipinski definition) is 3. The molecule has 0 aromatic heterocycles. The van der Waals surface area contributed by atoms with Crippen LogP contribution in [0.15, 0.2) is 18.2 Å². The first-order valence-corrected chi connectivity index (χ1v) is 7.34. The van der Waals surface area contributed by atoms with E-state index in [9.17, 15) is 8.42 Å². The Balaban J connectivity index is 2.37. The van der Waals surface area contributed by atoms with Gasteiger partial charge in [-0.15, -0.1) is 0 Å². The van der Waals surface area contributed by atoms with Gasteiger partial charge in [-0.25, -0.2) is 8.42 Å². The maximum absolute atomic E-state index is 11.8. The molecule has 0 unspecified atom stereocenters. The third-order valence-electron chi connectivity index (χ3n) is 2.46. The molecule has 0 spiro atoms. The number of anilines is 1. The maximum atomic E-state index is 11.8. The molecule has 1 aliphatic rings. The van der Waals surface area contributed by atoms with Gasteiger partial charge in [0.05, 0.1) is 10.9 Å². The van der Waals surface area contributed by atoms with E-state index in [1.165, 1.54) is 6.07 Å². The molecule has 3 N–H and O–H groups in total. The van der Waals surface area contributed by atoms with Gasteiger partial charge in [0.25, 0.3) is 0 Å². The Morgan fingerprint density at radius 3 is 2.65 bits per heavy atom. The van der Waals surface area contributed by atoms with Crippen LogP contribution in [0.25, 0.3) is 0 Å². The third kappa shape index (κ3) is 2.88. The Kier molecular flexibility index (Phi) is 3.29. The van der Waals surface area contributed by atoms with Crippen LogP contribution in [0.2, 0.25) is 5.02 Å². The Hall–Kier alpha value is -0.850. The van der Waals surface area contributed by atoms with Gasteiger partial charge in [0.1, 0.15) is 4.99 Å². The van der Waals surface area contributed by atoms with Gasteiger partial charge in [-0.1, -0.05) is 23.8 Å². The monoisotopic (exact) mass is 290 g/mol. The molecular formula is C10H11ClN2O2S2. The highest BCUT2D eigenvalue weighted by Gasteiger charge is 2.36. The van der Waals surface area contributed by atoms with Gasteiger partial charge in [-0.3, -0.25) is 4.72 Å². The van der Waals surface area contributed by atoms with Gasteiger partial charge in [0, 0.05) is 10.6 Å². The quantitative estimate of drug-likeness (QED) is 0.831. The maximum Gasteiger partial charge on any atom is 0.235 e. The molecule has 1 aromatic carbocycles. The SMILES string of the molecule is NC(=S)c1ccc(Cl)cc1NS(=O)(=O)C1CC1. The summed E-state index contributed by atoms with van der Waals surface area (Å²) in [4.78, 5) is 0.134. The molecule has 0 saturated heterocycles. The lowest BCUT2D eigenvalue weighted by molar-refractivity contribution is 0.600. The van der Waals surface area contributed by atoms with Gasteiger partial charge in [0.15, 0.2) is 0 Å². The third-order valence-corrected chi connectivity index (χ3v) is 4.77.